The van der Waals surface area contributed by atoms with E-state index in [4.69, 9.17) is 0 Å². The lowest BCUT2D eigenvalue weighted by atomic mass is 9.99. The van der Waals surface area contributed by atoms with Crippen LogP contribution in [0, 0.1) is 0 Å². The van der Waals surface area contributed by atoms with Crippen molar-refractivity contribution in [2.24, 2.45) is 0 Å². The number of thiazole rings is 1. The van der Waals surface area contributed by atoms with Crippen molar-refractivity contribution >= 4 is 27.6 Å². The second kappa shape index (κ2) is 6.53. The molecule has 0 bridgehead atoms. The maximum Gasteiger partial charge on any atom is 0.253 e. The van der Waals surface area contributed by atoms with Gasteiger partial charge in [0.15, 0.2) is 5.65 Å². The van der Waals surface area contributed by atoms with Crippen molar-refractivity contribution in [1.29, 1.82) is 0 Å². The molecule has 0 unspecified atom stereocenters. The molecule has 2 aromatic heterocycles. The molecule has 2 aromatic rings. The summed E-state index contributed by atoms with van der Waals surface area (Å²) in [4.78, 5) is 21.5. The third kappa shape index (κ3) is 3.23. The van der Waals surface area contributed by atoms with Gasteiger partial charge in [-0.15, -0.1) is 11.3 Å². The van der Waals surface area contributed by atoms with Gasteiger partial charge in [-0.25, -0.2) is 9.97 Å². The molecular weight excluding hydrogens is 308 g/mol. The second-order valence-corrected chi connectivity index (χ2v) is 7.64. The topological polar surface area (TPSA) is 66.9 Å². The zero-order chi connectivity index (χ0) is 15.6. The third-order valence-electron chi connectivity index (χ3n) is 4.90. The Morgan fingerprint density at radius 2 is 2.00 bits per heavy atom. The standard InChI is InChI=1S/C17H22N4OS/c22-16(20-13-3-1-2-4-13)12-9-14-15(19-10-12)21-17(23-14)11-5-7-18-8-6-11/h9-11,13,18H,1-8H2,(H,20,22). The Morgan fingerprint density at radius 1 is 1.22 bits per heavy atom. The van der Waals surface area contributed by atoms with Crippen LogP contribution in [0.25, 0.3) is 10.3 Å². The fourth-order valence-electron chi connectivity index (χ4n) is 3.54. The van der Waals surface area contributed by atoms with Crippen LogP contribution in [-0.2, 0) is 0 Å². The average Bonchev–Trinajstić information content (AvgIpc) is 3.24. The molecule has 3 heterocycles. The molecule has 1 aliphatic carbocycles. The minimum atomic E-state index is 0.00289. The number of hydrogen-bond donors (Lipinski definition) is 2. The molecule has 0 spiro atoms. The minimum Gasteiger partial charge on any atom is -0.349 e. The normalized spacial score (nSPS) is 20.2. The molecule has 2 fully saturated rings. The molecule has 2 aliphatic rings. The molecule has 1 aliphatic heterocycles. The number of carbonyl (C=O) groups is 1. The summed E-state index contributed by atoms with van der Waals surface area (Å²) >= 11 is 1.70. The number of nitrogens with one attached hydrogen (secondary N) is 2. The van der Waals surface area contributed by atoms with Crippen LogP contribution >= 0.6 is 11.3 Å². The van der Waals surface area contributed by atoms with Gasteiger partial charge in [-0.1, -0.05) is 12.8 Å². The van der Waals surface area contributed by atoms with E-state index < -0.39 is 0 Å². The highest BCUT2D eigenvalue weighted by Gasteiger charge is 2.21. The maximum absolute atomic E-state index is 12.4. The number of piperidine rings is 1. The van der Waals surface area contributed by atoms with Gasteiger partial charge in [0.05, 0.1) is 15.3 Å². The lowest BCUT2D eigenvalue weighted by Gasteiger charge is -2.20. The van der Waals surface area contributed by atoms with Crippen molar-refractivity contribution in [3.8, 4) is 0 Å². The number of rotatable bonds is 3. The Labute approximate surface area is 139 Å². The fraction of sp³-hybridized carbons (Fsp3) is 0.588. The van der Waals surface area contributed by atoms with Crippen LogP contribution in [0.4, 0.5) is 0 Å². The van der Waals surface area contributed by atoms with Gasteiger partial charge in [-0.3, -0.25) is 4.79 Å². The summed E-state index contributed by atoms with van der Waals surface area (Å²) in [5.41, 5.74) is 1.44. The number of nitrogens with zero attached hydrogens (tertiary/aromatic N) is 2. The monoisotopic (exact) mass is 330 g/mol. The number of aromatic nitrogens is 2. The Hall–Kier alpha value is -1.53. The van der Waals surface area contributed by atoms with Gasteiger partial charge < -0.3 is 10.6 Å². The van der Waals surface area contributed by atoms with Gasteiger partial charge in [0.2, 0.25) is 0 Å². The van der Waals surface area contributed by atoms with Crippen LogP contribution in [0.1, 0.15) is 59.8 Å². The molecule has 6 heteroatoms. The van der Waals surface area contributed by atoms with Crippen LogP contribution in [0.3, 0.4) is 0 Å². The van der Waals surface area contributed by atoms with Crippen LogP contribution in [0.5, 0.6) is 0 Å². The van der Waals surface area contributed by atoms with E-state index in [2.05, 4.69) is 20.6 Å². The van der Waals surface area contributed by atoms with Crippen molar-refractivity contribution in [3.05, 3.63) is 22.8 Å². The first-order valence-electron chi connectivity index (χ1n) is 8.57. The Morgan fingerprint density at radius 3 is 2.78 bits per heavy atom. The Balaban J connectivity index is 1.53. The predicted molar refractivity (Wildman–Crippen MR) is 92.0 cm³/mol. The summed E-state index contributed by atoms with van der Waals surface area (Å²) in [5, 5.41) is 7.68. The van der Waals surface area contributed by atoms with Crippen molar-refractivity contribution in [1.82, 2.24) is 20.6 Å². The van der Waals surface area contributed by atoms with Gasteiger partial charge in [-0.05, 0) is 44.8 Å². The van der Waals surface area contributed by atoms with Crippen molar-refractivity contribution < 1.29 is 4.79 Å². The van der Waals surface area contributed by atoms with Gasteiger partial charge >= 0.3 is 0 Å². The largest absolute Gasteiger partial charge is 0.349 e. The van der Waals surface area contributed by atoms with Crippen molar-refractivity contribution in [3.63, 3.8) is 0 Å². The molecule has 2 N–H and O–H groups in total. The number of hydrogen-bond acceptors (Lipinski definition) is 5. The molecular formula is C17H22N4OS. The maximum atomic E-state index is 12.4. The highest BCUT2D eigenvalue weighted by atomic mass is 32.1. The molecule has 23 heavy (non-hydrogen) atoms. The van der Waals surface area contributed by atoms with E-state index in [1.165, 1.54) is 17.8 Å². The SMILES string of the molecule is O=C(NC1CCCC1)c1cnc2nc(C3CCNCC3)sc2c1. The minimum absolute atomic E-state index is 0.00289. The summed E-state index contributed by atoms with van der Waals surface area (Å²) in [5.74, 6) is 0.536. The lowest BCUT2D eigenvalue weighted by molar-refractivity contribution is 0.0937. The van der Waals surface area contributed by atoms with E-state index in [0.717, 1.165) is 49.1 Å². The number of pyridine rings is 1. The second-order valence-electron chi connectivity index (χ2n) is 6.58. The van der Waals surface area contributed by atoms with Crippen LogP contribution in [0.15, 0.2) is 12.3 Å². The third-order valence-corrected chi connectivity index (χ3v) is 6.06. The summed E-state index contributed by atoms with van der Waals surface area (Å²) in [6, 6.07) is 2.29. The van der Waals surface area contributed by atoms with E-state index >= 15 is 0 Å². The number of amides is 1. The van der Waals surface area contributed by atoms with Gasteiger partial charge in [-0.2, -0.15) is 0 Å². The lowest BCUT2D eigenvalue weighted by Crippen LogP contribution is -2.32. The molecule has 0 aromatic carbocycles. The molecule has 0 atom stereocenters. The van der Waals surface area contributed by atoms with Crippen molar-refractivity contribution in [2.75, 3.05) is 13.1 Å². The van der Waals surface area contributed by atoms with E-state index in [1.54, 1.807) is 17.5 Å². The summed E-state index contributed by atoms with van der Waals surface area (Å²) < 4.78 is 1.03. The Kier molecular flexibility index (Phi) is 4.27. The first-order valence-corrected chi connectivity index (χ1v) is 9.39. The quantitative estimate of drug-likeness (QED) is 0.908. The smallest absolute Gasteiger partial charge is 0.253 e. The zero-order valence-electron chi connectivity index (χ0n) is 13.2. The first kappa shape index (κ1) is 15.0. The van der Waals surface area contributed by atoms with E-state index in [1.807, 2.05) is 6.07 Å². The molecule has 5 nitrogen and oxygen atoms in total. The highest BCUT2D eigenvalue weighted by Crippen LogP contribution is 2.32. The summed E-state index contributed by atoms with van der Waals surface area (Å²) in [6.45, 7) is 2.12. The van der Waals surface area contributed by atoms with Gasteiger partial charge in [0, 0.05) is 18.2 Å². The van der Waals surface area contributed by atoms with Crippen LogP contribution in [0.2, 0.25) is 0 Å². The van der Waals surface area contributed by atoms with Crippen molar-refractivity contribution in [2.45, 2.75) is 50.5 Å². The van der Waals surface area contributed by atoms with E-state index in [-0.39, 0.29) is 5.91 Å². The molecule has 1 saturated heterocycles. The summed E-state index contributed by atoms with van der Waals surface area (Å²) in [6.07, 6.45) is 8.57. The van der Waals surface area contributed by atoms with Crippen LogP contribution < -0.4 is 10.6 Å². The molecule has 1 amide bonds. The summed E-state index contributed by atoms with van der Waals surface area (Å²) in [7, 11) is 0. The van der Waals surface area contributed by atoms with E-state index in [0.29, 0.717) is 17.5 Å². The highest BCUT2D eigenvalue weighted by molar-refractivity contribution is 7.18. The molecule has 122 valence electrons. The Bertz CT molecular complexity index is 702. The number of carbonyl (C=O) groups excluding carboxylic acids is 1. The average molecular weight is 330 g/mol. The first-order chi connectivity index (χ1) is 11.3. The fourth-order valence-corrected chi connectivity index (χ4v) is 4.68. The molecule has 1 saturated carbocycles. The van der Waals surface area contributed by atoms with Gasteiger partial charge in [0.1, 0.15) is 0 Å². The van der Waals surface area contributed by atoms with Crippen LogP contribution in [-0.4, -0.2) is 35.0 Å². The van der Waals surface area contributed by atoms with E-state index in [9.17, 15) is 4.79 Å². The molecule has 0 radical (unpaired) electrons. The molecule has 4 rings (SSSR count). The zero-order valence-corrected chi connectivity index (χ0v) is 14.0. The number of fused-ring (bicyclic) bond motifs is 1. The predicted octanol–water partition coefficient (Wildman–Crippen LogP) is 2.83. The van der Waals surface area contributed by atoms with Gasteiger partial charge in [0.25, 0.3) is 5.91 Å².